The first-order chi connectivity index (χ1) is 24.3. The van der Waals surface area contributed by atoms with Gasteiger partial charge < -0.3 is 23.8 Å². The van der Waals surface area contributed by atoms with Crippen molar-refractivity contribution in [2.75, 3.05) is 13.2 Å². The standard InChI is InChI=1S/C41H69O8P.Na/c1-3-5-7-9-11-13-15-17-18-19-20-21-22-24-26-28-30-32-34-36-41(43)49-39(38-48-50(44,45)46)37-47-40(42)35-33-31-29-27-25-23-16-14-12-10-8-6-4-2;/h5,7,11,13,17-18,20-21,24,26,30,32,39H,3-4,6,8-10,12,14-16,19,22-23,25,27-29,31,33-38H2,1-2H3,(H2,44,45,46);/q;+1/p-1/b7-5+,13-11+,18-17+,21-20+,26-24+,32-30+;/t39-;/m1./s1. The van der Waals surface area contributed by atoms with E-state index >= 15 is 0 Å². The minimum Gasteiger partial charge on any atom is -0.756 e. The zero-order chi connectivity index (χ0) is 36.8. The summed E-state index contributed by atoms with van der Waals surface area (Å²) in [6.45, 7) is 3.40. The van der Waals surface area contributed by atoms with Gasteiger partial charge in [0.25, 0.3) is 7.82 Å². The molecule has 0 heterocycles. The van der Waals surface area contributed by atoms with Gasteiger partial charge in [0.05, 0.1) is 6.61 Å². The van der Waals surface area contributed by atoms with Crippen LogP contribution in [0.2, 0.25) is 0 Å². The van der Waals surface area contributed by atoms with Gasteiger partial charge in [-0.05, 0) is 51.4 Å². The summed E-state index contributed by atoms with van der Waals surface area (Å²) in [5.41, 5.74) is 0. The molecule has 2 atom stereocenters. The number of phosphoric acid groups is 1. The summed E-state index contributed by atoms with van der Waals surface area (Å²) >= 11 is 0. The van der Waals surface area contributed by atoms with Crippen molar-refractivity contribution < 1.29 is 67.5 Å². The van der Waals surface area contributed by atoms with E-state index in [4.69, 9.17) is 14.4 Å². The van der Waals surface area contributed by atoms with Gasteiger partial charge in [-0.3, -0.25) is 14.2 Å². The fourth-order valence-corrected chi connectivity index (χ4v) is 5.28. The van der Waals surface area contributed by atoms with Crippen molar-refractivity contribution in [3.63, 3.8) is 0 Å². The van der Waals surface area contributed by atoms with Crippen LogP contribution in [-0.2, 0) is 28.2 Å². The molecule has 0 aromatic rings. The second kappa shape index (κ2) is 39.7. The monoisotopic (exact) mass is 742 g/mol. The first-order valence-electron chi connectivity index (χ1n) is 19.2. The molecule has 1 N–H and O–H groups in total. The van der Waals surface area contributed by atoms with Crippen LogP contribution in [0.5, 0.6) is 0 Å². The van der Waals surface area contributed by atoms with Crippen LogP contribution in [0.1, 0.15) is 155 Å². The fourth-order valence-electron chi connectivity index (χ4n) is 4.92. The maximum Gasteiger partial charge on any atom is 1.00 e. The van der Waals surface area contributed by atoms with E-state index in [1.54, 1.807) is 0 Å². The number of hydrogen-bond acceptors (Lipinski definition) is 7. The summed E-state index contributed by atoms with van der Waals surface area (Å²) in [6.07, 6.45) is 46.1. The third kappa shape index (κ3) is 42.8. The zero-order valence-electron chi connectivity index (χ0n) is 32.2. The first-order valence-corrected chi connectivity index (χ1v) is 20.7. The quantitative estimate of drug-likeness (QED) is 0.0232. The van der Waals surface area contributed by atoms with Gasteiger partial charge in [0.15, 0.2) is 6.10 Å². The molecule has 10 heteroatoms. The van der Waals surface area contributed by atoms with Crippen LogP contribution in [0, 0.1) is 0 Å². The largest absolute Gasteiger partial charge is 1.00 e. The number of carbonyl (C=O) groups is 2. The predicted octanol–water partition coefficient (Wildman–Crippen LogP) is 7.88. The van der Waals surface area contributed by atoms with Crippen molar-refractivity contribution >= 4 is 19.8 Å². The van der Waals surface area contributed by atoms with Gasteiger partial charge in [-0.15, -0.1) is 0 Å². The van der Waals surface area contributed by atoms with E-state index in [0.717, 1.165) is 57.8 Å². The van der Waals surface area contributed by atoms with Crippen LogP contribution in [0.15, 0.2) is 72.9 Å². The van der Waals surface area contributed by atoms with Gasteiger partial charge in [0.2, 0.25) is 0 Å². The molecule has 0 fully saturated rings. The van der Waals surface area contributed by atoms with E-state index in [1.807, 2.05) is 12.2 Å². The molecule has 0 spiro atoms. The number of unbranched alkanes of at least 4 members (excludes halogenated alkanes) is 12. The van der Waals surface area contributed by atoms with Crippen molar-refractivity contribution in [3.8, 4) is 0 Å². The van der Waals surface area contributed by atoms with Gasteiger partial charge in [0, 0.05) is 12.8 Å². The Hall–Kier alpha value is -1.51. The Kier molecular flexibility index (Phi) is 40.2. The number of phosphoric ester groups is 1. The minimum atomic E-state index is -5.02. The van der Waals surface area contributed by atoms with E-state index in [2.05, 4.69) is 79.1 Å². The molecule has 0 aromatic carbocycles. The van der Waals surface area contributed by atoms with Crippen molar-refractivity contribution in [2.24, 2.45) is 0 Å². The summed E-state index contributed by atoms with van der Waals surface area (Å²) in [7, 11) is -5.02. The molecule has 0 bridgehead atoms. The van der Waals surface area contributed by atoms with E-state index in [0.29, 0.717) is 12.8 Å². The Bertz CT molecular complexity index is 1040. The fraction of sp³-hybridized carbons (Fsp3) is 0.659. The molecule has 0 aliphatic carbocycles. The Morgan fingerprint density at radius 1 is 0.588 bits per heavy atom. The van der Waals surface area contributed by atoms with Gasteiger partial charge in [0.1, 0.15) is 6.61 Å². The summed E-state index contributed by atoms with van der Waals surface area (Å²) in [5, 5.41) is 0. The van der Waals surface area contributed by atoms with Crippen LogP contribution in [-0.4, -0.2) is 36.1 Å². The third-order valence-electron chi connectivity index (χ3n) is 7.75. The average molecular weight is 743 g/mol. The summed E-state index contributed by atoms with van der Waals surface area (Å²) < 4.78 is 26.0. The van der Waals surface area contributed by atoms with Crippen LogP contribution in [0.3, 0.4) is 0 Å². The summed E-state index contributed by atoms with van der Waals surface area (Å²) in [5.74, 6) is -1.02. The maximum absolute atomic E-state index is 12.3. The Balaban J connectivity index is 0. The maximum atomic E-state index is 12.3. The molecule has 0 radical (unpaired) electrons. The van der Waals surface area contributed by atoms with Gasteiger partial charge in [-0.1, -0.05) is 164 Å². The van der Waals surface area contributed by atoms with E-state index in [-0.39, 0.29) is 49.0 Å². The molecule has 1 unspecified atom stereocenters. The van der Waals surface area contributed by atoms with Gasteiger partial charge >= 0.3 is 41.5 Å². The van der Waals surface area contributed by atoms with E-state index in [9.17, 15) is 19.0 Å². The molecule has 0 saturated heterocycles. The van der Waals surface area contributed by atoms with E-state index in [1.165, 1.54) is 57.8 Å². The molecule has 286 valence electrons. The second-order valence-electron chi connectivity index (χ2n) is 12.5. The molecule has 0 amide bonds. The van der Waals surface area contributed by atoms with Crippen molar-refractivity contribution in [1.82, 2.24) is 0 Å². The number of hydrogen-bond donors (Lipinski definition) is 1. The minimum absolute atomic E-state index is 0. The number of esters is 2. The summed E-state index contributed by atoms with van der Waals surface area (Å²) in [4.78, 5) is 44.5. The first kappa shape index (κ1) is 51.6. The second-order valence-corrected chi connectivity index (χ2v) is 13.7. The van der Waals surface area contributed by atoms with Crippen molar-refractivity contribution in [3.05, 3.63) is 72.9 Å². The van der Waals surface area contributed by atoms with Crippen LogP contribution < -0.4 is 34.5 Å². The molecule has 0 aromatic heterocycles. The topological polar surface area (TPSA) is 122 Å². The SMILES string of the molecule is CC/C=C/C/C=C/C/C=C/C/C=C/C/C=C/C/C=C/CCC(=O)O[C@H](COC(=O)CCCCCCCCCCCCCCC)COP(=O)([O-])O.[Na+]. The predicted molar refractivity (Wildman–Crippen MR) is 204 cm³/mol. The molecule has 0 saturated carbocycles. The Labute approximate surface area is 332 Å². The van der Waals surface area contributed by atoms with Crippen molar-refractivity contribution in [2.45, 2.75) is 161 Å². The number of allylic oxidation sites excluding steroid dienone is 12. The molecule has 0 aliphatic heterocycles. The van der Waals surface area contributed by atoms with Crippen molar-refractivity contribution in [1.29, 1.82) is 0 Å². The molecule has 51 heavy (non-hydrogen) atoms. The number of rotatable bonds is 34. The third-order valence-corrected chi connectivity index (χ3v) is 8.22. The smallest absolute Gasteiger partial charge is 0.756 e. The number of carbonyl (C=O) groups excluding carboxylic acids is 2. The van der Waals surface area contributed by atoms with E-state index < -0.39 is 32.5 Å². The van der Waals surface area contributed by atoms with Crippen LogP contribution in [0.4, 0.5) is 0 Å². The molecular weight excluding hydrogens is 674 g/mol. The van der Waals surface area contributed by atoms with Crippen LogP contribution >= 0.6 is 7.82 Å². The normalized spacial score (nSPS) is 14.0. The molecule has 0 rings (SSSR count). The summed E-state index contributed by atoms with van der Waals surface area (Å²) in [6, 6.07) is 0. The molecule has 0 aliphatic rings. The Morgan fingerprint density at radius 3 is 1.43 bits per heavy atom. The van der Waals surface area contributed by atoms with Gasteiger partial charge in [-0.25, -0.2) is 0 Å². The molecular formula is C41H68NaO8P. The van der Waals surface area contributed by atoms with Gasteiger partial charge in [-0.2, -0.15) is 0 Å². The molecule has 8 nitrogen and oxygen atoms in total. The number of ether oxygens (including phenoxy) is 2. The zero-order valence-corrected chi connectivity index (χ0v) is 35.1. The van der Waals surface area contributed by atoms with Crippen LogP contribution in [0.25, 0.3) is 0 Å². The Morgan fingerprint density at radius 2 is 1.00 bits per heavy atom. The average Bonchev–Trinajstić information content (AvgIpc) is 3.08.